The van der Waals surface area contributed by atoms with Gasteiger partial charge in [0.05, 0.1) is 6.04 Å². The highest BCUT2D eigenvalue weighted by atomic mass is 127. The van der Waals surface area contributed by atoms with Crippen LogP contribution in [0.4, 0.5) is 8.78 Å². The second-order valence-electron chi connectivity index (χ2n) is 4.60. The topological polar surface area (TPSA) is 12.0 Å². The first-order valence-electron chi connectivity index (χ1n) is 6.55. The van der Waals surface area contributed by atoms with Gasteiger partial charge in [0.15, 0.2) is 0 Å². The number of nitrogens with one attached hydrogen (secondary N) is 1. The first kappa shape index (κ1) is 15.4. The number of rotatable bonds is 5. The predicted molar refractivity (Wildman–Crippen MR) is 85.7 cm³/mol. The molecular weight excluding hydrogens is 371 g/mol. The van der Waals surface area contributed by atoms with Gasteiger partial charge in [-0.15, -0.1) is 0 Å². The highest BCUT2D eigenvalue weighted by molar-refractivity contribution is 14.1. The molecule has 0 amide bonds. The van der Waals surface area contributed by atoms with Crippen molar-refractivity contribution < 1.29 is 8.78 Å². The predicted octanol–water partition coefficient (Wildman–Crippen LogP) is 4.66. The van der Waals surface area contributed by atoms with Crippen LogP contribution in [-0.2, 0) is 0 Å². The quantitative estimate of drug-likeness (QED) is 0.737. The lowest BCUT2D eigenvalue weighted by molar-refractivity contribution is 0.533. The summed E-state index contributed by atoms with van der Waals surface area (Å²) in [6.07, 6.45) is 0.948. The Balaban J connectivity index is 2.38. The van der Waals surface area contributed by atoms with Gasteiger partial charge in [0.25, 0.3) is 0 Å². The van der Waals surface area contributed by atoms with E-state index in [9.17, 15) is 8.78 Å². The van der Waals surface area contributed by atoms with Crippen LogP contribution in [0.3, 0.4) is 0 Å². The van der Waals surface area contributed by atoms with E-state index in [4.69, 9.17) is 0 Å². The second-order valence-corrected chi connectivity index (χ2v) is 5.85. The minimum atomic E-state index is -0.553. The van der Waals surface area contributed by atoms with E-state index >= 15 is 0 Å². The standard InChI is InChI=1S/C16H16F2IN/c1-2-9-20-16(11-3-6-13(19)7-4-11)14-8-5-12(17)10-15(14)18/h3-8,10,16,20H,2,9H2,1H3. The van der Waals surface area contributed by atoms with Crippen molar-refractivity contribution in [1.29, 1.82) is 0 Å². The van der Waals surface area contributed by atoms with Gasteiger partial charge in [-0.05, 0) is 59.3 Å². The van der Waals surface area contributed by atoms with Crippen LogP contribution < -0.4 is 5.32 Å². The average Bonchev–Trinajstić information content (AvgIpc) is 2.42. The van der Waals surface area contributed by atoms with Crippen molar-refractivity contribution in [2.75, 3.05) is 6.54 Å². The zero-order valence-electron chi connectivity index (χ0n) is 11.2. The molecule has 0 fully saturated rings. The van der Waals surface area contributed by atoms with Crippen molar-refractivity contribution in [2.24, 2.45) is 0 Å². The van der Waals surface area contributed by atoms with Crippen molar-refractivity contribution in [3.05, 3.63) is 68.8 Å². The van der Waals surface area contributed by atoms with Gasteiger partial charge < -0.3 is 5.32 Å². The molecule has 1 nitrogen and oxygen atoms in total. The number of hydrogen-bond donors (Lipinski definition) is 1. The molecule has 2 rings (SSSR count). The third kappa shape index (κ3) is 3.76. The number of hydrogen-bond acceptors (Lipinski definition) is 1. The van der Waals surface area contributed by atoms with Crippen LogP contribution >= 0.6 is 22.6 Å². The van der Waals surface area contributed by atoms with E-state index < -0.39 is 11.6 Å². The molecule has 2 aromatic carbocycles. The SMILES string of the molecule is CCCNC(c1ccc(I)cc1)c1ccc(F)cc1F. The molecular formula is C16H16F2IN. The zero-order chi connectivity index (χ0) is 14.5. The van der Waals surface area contributed by atoms with Crippen LogP contribution in [0.1, 0.15) is 30.5 Å². The molecule has 0 aliphatic heterocycles. The third-order valence-corrected chi connectivity index (χ3v) is 3.79. The van der Waals surface area contributed by atoms with Gasteiger partial charge >= 0.3 is 0 Å². The Morgan fingerprint density at radius 1 is 1.10 bits per heavy atom. The second kappa shape index (κ2) is 7.13. The first-order valence-corrected chi connectivity index (χ1v) is 7.63. The van der Waals surface area contributed by atoms with Gasteiger partial charge in [-0.2, -0.15) is 0 Å². The Bertz CT molecular complexity index is 569. The molecule has 0 aromatic heterocycles. The molecule has 20 heavy (non-hydrogen) atoms. The van der Waals surface area contributed by atoms with Gasteiger partial charge in [-0.25, -0.2) is 8.78 Å². The highest BCUT2D eigenvalue weighted by Crippen LogP contribution is 2.25. The van der Waals surface area contributed by atoms with Gasteiger partial charge in [0.1, 0.15) is 11.6 Å². The molecule has 0 aliphatic rings. The summed E-state index contributed by atoms with van der Waals surface area (Å²) in [5.74, 6) is -1.07. The molecule has 0 saturated carbocycles. The molecule has 0 aliphatic carbocycles. The lowest BCUT2D eigenvalue weighted by atomic mass is 9.98. The van der Waals surface area contributed by atoms with E-state index in [1.165, 1.54) is 12.1 Å². The fraction of sp³-hybridized carbons (Fsp3) is 0.250. The minimum absolute atomic E-state index is 0.257. The van der Waals surface area contributed by atoms with Crippen LogP contribution in [0.15, 0.2) is 42.5 Å². The molecule has 1 atom stereocenters. The van der Waals surface area contributed by atoms with Gasteiger partial charge in [-0.1, -0.05) is 25.1 Å². The molecule has 4 heteroatoms. The zero-order valence-corrected chi connectivity index (χ0v) is 13.3. The average molecular weight is 387 g/mol. The van der Waals surface area contributed by atoms with Crippen molar-refractivity contribution >= 4 is 22.6 Å². The van der Waals surface area contributed by atoms with Gasteiger partial charge in [0, 0.05) is 15.2 Å². The largest absolute Gasteiger partial charge is 0.306 e. The number of halogens is 3. The Hall–Kier alpha value is -1.01. The maximum absolute atomic E-state index is 14.0. The summed E-state index contributed by atoms with van der Waals surface area (Å²) in [6, 6.07) is 11.4. The molecule has 106 valence electrons. The maximum atomic E-state index is 14.0. The Morgan fingerprint density at radius 2 is 1.80 bits per heavy atom. The Labute approximate surface area is 131 Å². The van der Waals surface area contributed by atoms with Crippen molar-refractivity contribution in [3.63, 3.8) is 0 Å². The van der Waals surface area contributed by atoms with E-state index in [0.717, 1.165) is 28.2 Å². The Kier molecular flexibility index (Phi) is 5.48. The summed E-state index contributed by atoms with van der Waals surface area (Å²) in [6.45, 7) is 2.83. The van der Waals surface area contributed by atoms with Crippen molar-refractivity contribution in [1.82, 2.24) is 5.32 Å². The number of benzene rings is 2. The summed E-state index contributed by atoms with van der Waals surface area (Å²) in [5.41, 5.74) is 1.45. The highest BCUT2D eigenvalue weighted by Gasteiger charge is 2.17. The third-order valence-electron chi connectivity index (χ3n) is 3.08. The van der Waals surface area contributed by atoms with Crippen molar-refractivity contribution in [2.45, 2.75) is 19.4 Å². The van der Waals surface area contributed by atoms with E-state index in [1.54, 1.807) is 0 Å². The van der Waals surface area contributed by atoms with E-state index in [-0.39, 0.29) is 6.04 Å². The summed E-state index contributed by atoms with van der Waals surface area (Å²) in [5, 5.41) is 3.32. The lowest BCUT2D eigenvalue weighted by Gasteiger charge is -2.20. The minimum Gasteiger partial charge on any atom is -0.306 e. The molecule has 0 spiro atoms. The van der Waals surface area contributed by atoms with Crippen LogP contribution in [0.5, 0.6) is 0 Å². The van der Waals surface area contributed by atoms with E-state index in [0.29, 0.717) is 5.56 Å². The molecule has 0 saturated heterocycles. The van der Waals surface area contributed by atoms with Gasteiger partial charge in [-0.3, -0.25) is 0 Å². The molecule has 1 N–H and O–H groups in total. The molecule has 0 radical (unpaired) electrons. The van der Waals surface area contributed by atoms with Crippen LogP contribution in [0, 0.1) is 15.2 Å². The van der Waals surface area contributed by atoms with Crippen molar-refractivity contribution in [3.8, 4) is 0 Å². The van der Waals surface area contributed by atoms with Crippen LogP contribution in [0.2, 0.25) is 0 Å². The molecule has 0 bridgehead atoms. The normalized spacial score (nSPS) is 12.4. The molecule has 2 aromatic rings. The summed E-state index contributed by atoms with van der Waals surface area (Å²) in [4.78, 5) is 0. The van der Waals surface area contributed by atoms with E-state index in [2.05, 4.69) is 34.8 Å². The van der Waals surface area contributed by atoms with Crippen LogP contribution in [-0.4, -0.2) is 6.54 Å². The first-order chi connectivity index (χ1) is 9.61. The van der Waals surface area contributed by atoms with Crippen LogP contribution in [0.25, 0.3) is 0 Å². The fourth-order valence-corrected chi connectivity index (χ4v) is 2.45. The van der Waals surface area contributed by atoms with Gasteiger partial charge in [0.2, 0.25) is 0 Å². The summed E-state index contributed by atoms with van der Waals surface area (Å²) in [7, 11) is 0. The van der Waals surface area contributed by atoms with E-state index in [1.807, 2.05) is 24.3 Å². The summed E-state index contributed by atoms with van der Waals surface area (Å²) >= 11 is 2.23. The summed E-state index contributed by atoms with van der Waals surface area (Å²) < 4.78 is 28.2. The maximum Gasteiger partial charge on any atom is 0.131 e. The monoisotopic (exact) mass is 387 g/mol. The molecule has 1 unspecified atom stereocenters. The molecule has 0 heterocycles. The smallest absolute Gasteiger partial charge is 0.131 e. The fourth-order valence-electron chi connectivity index (χ4n) is 2.09. The Morgan fingerprint density at radius 3 is 2.40 bits per heavy atom. The lowest BCUT2D eigenvalue weighted by Crippen LogP contribution is -2.24.